The molecule has 0 aliphatic carbocycles. The number of imidazole rings is 1. The number of halogens is 1. The number of pyridine rings is 1. The number of rotatable bonds is 8. The number of ether oxygens (including phenoxy) is 2. The van der Waals surface area contributed by atoms with E-state index in [1.807, 2.05) is 42.8 Å². The number of amides is 1. The van der Waals surface area contributed by atoms with E-state index in [9.17, 15) is 4.79 Å². The van der Waals surface area contributed by atoms with Crippen LogP contribution in [0.4, 0.5) is 11.6 Å². The van der Waals surface area contributed by atoms with Gasteiger partial charge in [0, 0.05) is 48.1 Å². The van der Waals surface area contributed by atoms with E-state index in [1.54, 1.807) is 19.2 Å². The van der Waals surface area contributed by atoms with Crippen LogP contribution in [0.1, 0.15) is 16.1 Å². The Hall–Kier alpha value is -3.63. The van der Waals surface area contributed by atoms with E-state index in [4.69, 9.17) is 19.6 Å². The van der Waals surface area contributed by atoms with Gasteiger partial charge in [-0.3, -0.25) is 9.78 Å². The molecule has 0 saturated heterocycles. The van der Waals surface area contributed by atoms with Crippen molar-refractivity contribution < 1.29 is 19.4 Å². The summed E-state index contributed by atoms with van der Waals surface area (Å²) in [7, 11) is 3.48. The molecule has 3 N–H and O–H groups in total. The van der Waals surface area contributed by atoms with Gasteiger partial charge in [0.1, 0.15) is 11.4 Å². The van der Waals surface area contributed by atoms with Gasteiger partial charge in [0.25, 0.3) is 5.91 Å². The maximum absolute atomic E-state index is 12.1. The van der Waals surface area contributed by atoms with Crippen LogP contribution in [0.15, 0.2) is 53.1 Å². The number of aliphatic hydroxyl groups is 1. The van der Waals surface area contributed by atoms with Crippen molar-refractivity contribution >= 4 is 44.5 Å². The van der Waals surface area contributed by atoms with E-state index in [0.29, 0.717) is 28.7 Å². The summed E-state index contributed by atoms with van der Waals surface area (Å²) in [6.07, 6.45) is 1.48. The van der Waals surface area contributed by atoms with Crippen LogP contribution in [-0.2, 0) is 7.05 Å². The average Bonchev–Trinajstić information content (AvgIpc) is 3.13. The van der Waals surface area contributed by atoms with E-state index >= 15 is 0 Å². The van der Waals surface area contributed by atoms with Crippen molar-refractivity contribution in [2.24, 2.45) is 7.05 Å². The largest absolute Gasteiger partial charge is 0.493 e. The lowest BCUT2D eigenvalue weighted by Crippen LogP contribution is -2.27. The molecular weight excluding hydrogens is 502 g/mol. The zero-order valence-corrected chi connectivity index (χ0v) is 20.5. The first-order chi connectivity index (χ1) is 16.4. The Balaban J connectivity index is 1.64. The van der Waals surface area contributed by atoms with Crippen LogP contribution in [0.5, 0.6) is 17.2 Å². The van der Waals surface area contributed by atoms with Crippen LogP contribution < -0.4 is 20.1 Å². The summed E-state index contributed by atoms with van der Waals surface area (Å²) < 4.78 is 14.6. The molecule has 0 aliphatic heterocycles. The van der Waals surface area contributed by atoms with Crippen molar-refractivity contribution in [2.75, 3.05) is 25.6 Å². The van der Waals surface area contributed by atoms with Crippen molar-refractivity contribution in [1.29, 1.82) is 0 Å². The molecule has 4 rings (SSSR count). The summed E-state index contributed by atoms with van der Waals surface area (Å²) in [5.74, 6) is 1.66. The Morgan fingerprint density at radius 1 is 1.18 bits per heavy atom. The number of hydrogen-bond donors (Lipinski definition) is 3. The number of aryl methyl sites for hydroxylation is 2. The van der Waals surface area contributed by atoms with Gasteiger partial charge >= 0.3 is 0 Å². The molecule has 0 radical (unpaired) electrons. The van der Waals surface area contributed by atoms with Crippen LogP contribution >= 0.6 is 15.9 Å². The first kappa shape index (κ1) is 23.5. The maximum Gasteiger partial charge on any atom is 0.270 e. The molecule has 0 unspecified atom stereocenters. The van der Waals surface area contributed by atoms with Crippen molar-refractivity contribution in [3.8, 4) is 17.2 Å². The Morgan fingerprint density at radius 3 is 2.74 bits per heavy atom. The zero-order valence-electron chi connectivity index (χ0n) is 18.9. The van der Waals surface area contributed by atoms with Gasteiger partial charge in [0.2, 0.25) is 5.95 Å². The molecule has 0 atom stereocenters. The van der Waals surface area contributed by atoms with E-state index in [-0.39, 0.29) is 18.8 Å². The molecule has 10 heteroatoms. The first-order valence-electron chi connectivity index (χ1n) is 10.5. The van der Waals surface area contributed by atoms with E-state index < -0.39 is 5.91 Å². The Morgan fingerprint density at radius 2 is 2.00 bits per heavy atom. The van der Waals surface area contributed by atoms with Crippen molar-refractivity contribution in [3.63, 3.8) is 0 Å². The molecule has 1 amide bonds. The van der Waals surface area contributed by atoms with Gasteiger partial charge < -0.3 is 29.8 Å². The van der Waals surface area contributed by atoms with E-state index in [1.165, 1.54) is 12.3 Å². The molecule has 9 nitrogen and oxygen atoms in total. The van der Waals surface area contributed by atoms with Crippen LogP contribution in [0.2, 0.25) is 0 Å². The molecule has 0 aliphatic rings. The number of fused-ring (bicyclic) bond motifs is 1. The summed E-state index contributed by atoms with van der Waals surface area (Å²) in [6.45, 7) is 2.02. The predicted octanol–water partition coefficient (Wildman–Crippen LogP) is 4.31. The second-order valence-electron chi connectivity index (χ2n) is 7.53. The third kappa shape index (κ3) is 4.97. The number of benzene rings is 2. The molecule has 176 valence electrons. The monoisotopic (exact) mass is 525 g/mol. The minimum atomic E-state index is -0.398. The first-order valence-corrected chi connectivity index (χ1v) is 11.3. The Kier molecular flexibility index (Phi) is 6.99. The smallest absolute Gasteiger partial charge is 0.270 e. The minimum Gasteiger partial charge on any atom is -0.493 e. The second-order valence-corrected chi connectivity index (χ2v) is 8.39. The van der Waals surface area contributed by atoms with Gasteiger partial charge in [-0.25, -0.2) is 4.98 Å². The molecule has 0 spiro atoms. The highest BCUT2D eigenvalue weighted by molar-refractivity contribution is 9.10. The lowest BCUT2D eigenvalue weighted by Gasteiger charge is -2.11. The quantitative estimate of drug-likeness (QED) is 0.314. The topological polar surface area (TPSA) is 111 Å². The number of anilines is 2. The lowest BCUT2D eigenvalue weighted by molar-refractivity contribution is 0.0939. The SMILES string of the molecule is COc1cc2c(cc1Oc1ccnc(C(=O)NCCO)c1)nc(Nc1ccc(Br)c(C)c1)n2C. The van der Waals surface area contributed by atoms with Gasteiger partial charge in [0.15, 0.2) is 11.5 Å². The number of hydrogen-bond acceptors (Lipinski definition) is 7. The highest BCUT2D eigenvalue weighted by Crippen LogP contribution is 2.36. The van der Waals surface area contributed by atoms with Gasteiger partial charge in [-0.15, -0.1) is 0 Å². The van der Waals surface area contributed by atoms with Gasteiger partial charge in [-0.2, -0.15) is 0 Å². The Bertz CT molecular complexity index is 1350. The lowest BCUT2D eigenvalue weighted by atomic mass is 10.2. The summed E-state index contributed by atoms with van der Waals surface area (Å²) in [5, 5.41) is 14.8. The van der Waals surface area contributed by atoms with Crippen LogP contribution in [0.25, 0.3) is 11.0 Å². The van der Waals surface area contributed by atoms with Crippen LogP contribution in [0.3, 0.4) is 0 Å². The standard InChI is InChI=1S/C24H24BrN5O4/c1-14-10-15(4-5-17(14)25)28-24-29-18-12-22(21(33-3)13-20(18)30(24)2)34-16-6-7-26-19(11-16)23(32)27-8-9-31/h4-7,10-13,31H,8-9H2,1-3H3,(H,27,32)(H,28,29). The van der Waals surface area contributed by atoms with E-state index in [0.717, 1.165) is 21.2 Å². The van der Waals surface area contributed by atoms with Crippen molar-refractivity contribution in [2.45, 2.75) is 6.92 Å². The second kappa shape index (κ2) is 10.1. The fourth-order valence-corrected chi connectivity index (χ4v) is 3.63. The number of nitrogens with zero attached hydrogens (tertiary/aromatic N) is 3. The fourth-order valence-electron chi connectivity index (χ4n) is 3.39. The zero-order chi connectivity index (χ0) is 24.2. The third-order valence-corrected chi connectivity index (χ3v) is 6.06. The fraction of sp³-hybridized carbons (Fsp3) is 0.208. The molecule has 0 saturated carbocycles. The number of methoxy groups -OCH3 is 1. The summed E-state index contributed by atoms with van der Waals surface area (Å²) in [5.41, 5.74) is 3.79. The number of aromatic nitrogens is 3. The minimum absolute atomic E-state index is 0.145. The average molecular weight is 526 g/mol. The molecular formula is C24H24BrN5O4. The predicted molar refractivity (Wildman–Crippen MR) is 133 cm³/mol. The maximum atomic E-state index is 12.1. The number of carbonyl (C=O) groups is 1. The number of carbonyl (C=O) groups excluding carboxylic acids is 1. The van der Waals surface area contributed by atoms with E-state index in [2.05, 4.69) is 31.5 Å². The van der Waals surface area contributed by atoms with Crippen molar-refractivity contribution in [1.82, 2.24) is 19.9 Å². The van der Waals surface area contributed by atoms with Gasteiger partial charge in [-0.05, 0) is 36.8 Å². The summed E-state index contributed by atoms with van der Waals surface area (Å²) >= 11 is 3.52. The summed E-state index contributed by atoms with van der Waals surface area (Å²) in [6, 6.07) is 12.8. The molecule has 2 aromatic carbocycles. The highest BCUT2D eigenvalue weighted by atomic mass is 79.9. The molecule has 0 fully saturated rings. The van der Waals surface area contributed by atoms with Gasteiger partial charge in [0.05, 0.1) is 24.8 Å². The molecule has 34 heavy (non-hydrogen) atoms. The number of nitrogens with one attached hydrogen (secondary N) is 2. The van der Waals surface area contributed by atoms with Crippen LogP contribution in [0, 0.1) is 6.92 Å². The molecule has 0 bridgehead atoms. The number of aliphatic hydroxyl groups excluding tert-OH is 1. The highest BCUT2D eigenvalue weighted by Gasteiger charge is 2.16. The molecule has 2 aromatic heterocycles. The normalized spacial score (nSPS) is 10.9. The van der Waals surface area contributed by atoms with Gasteiger partial charge in [-0.1, -0.05) is 15.9 Å². The van der Waals surface area contributed by atoms with Crippen molar-refractivity contribution in [3.05, 3.63) is 64.4 Å². The third-order valence-electron chi connectivity index (χ3n) is 5.17. The molecule has 4 aromatic rings. The molecule has 2 heterocycles. The summed E-state index contributed by atoms with van der Waals surface area (Å²) in [4.78, 5) is 20.9. The van der Waals surface area contributed by atoms with Crippen LogP contribution in [-0.4, -0.2) is 45.8 Å². The Labute approximate surface area is 204 Å².